The van der Waals surface area contributed by atoms with Crippen molar-refractivity contribution in [1.82, 2.24) is 25.9 Å². The Morgan fingerprint density at radius 2 is 1.67 bits per heavy atom. The molecule has 1 rings (SSSR count). The number of amides is 4. The Hall–Kier alpha value is -4.01. The van der Waals surface area contributed by atoms with Crippen molar-refractivity contribution in [1.29, 1.82) is 0 Å². The minimum absolute atomic E-state index is 0.117. The van der Waals surface area contributed by atoms with Gasteiger partial charge < -0.3 is 42.6 Å². The second kappa shape index (κ2) is 12.7. The fourth-order valence-corrected chi connectivity index (χ4v) is 2.61. The van der Waals surface area contributed by atoms with Crippen molar-refractivity contribution >= 4 is 35.6 Å². The molecule has 10 N–H and O–H groups in total. The number of hydrogen-bond acceptors (Lipinski definition) is 8. The van der Waals surface area contributed by atoms with Crippen molar-refractivity contribution in [2.24, 2.45) is 11.5 Å². The van der Waals surface area contributed by atoms with E-state index in [0.717, 1.165) is 0 Å². The van der Waals surface area contributed by atoms with Gasteiger partial charge in [0, 0.05) is 24.7 Å². The monoisotopic (exact) mass is 469 g/mol. The average molecular weight is 469 g/mol. The minimum atomic E-state index is -1.65. The summed E-state index contributed by atoms with van der Waals surface area (Å²) in [4.78, 5) is 76.9. The summed E-state index contributed by atoms with van der Waals surface area (Å²) in [5, 5.41) is 24.8. The molecule has 0 radical (unpaired) electrons. The normalized spacial score (nSPS) is 14.2. The number of hydrogen-bond donors (Lipinski definition) is 8. The van der Waals surface area contributed by atoms with E-state index in [1.807, 2.05) is 0 Å². The number of carbonyl (C=O) groups is 6. The fourth-order valence-electron chi connectivity index (χ4n) is 2.61. The average Bonchev–Trinajstić information content (AvgIpc) is 3.22. The molecule has 1 aromatic heterocycles. The van der Waals surface area contributed by atoms with Crippen molar-refractivity contribution in [3.05, 3.63) is 18.2 Å². The molecule has 1 heterocycles. The Morgan fingerprint density at radius 1 is 1.03 bits per heavy atom. The van der Waals surface area contributed by atoms with E-state index in [1.54, 1.807) is 0 Å². The van der Waals surface area contributed by atoms with Crippen LogP contribution >= 0.6 is 0 Å². The quantitative estimate of drug-likeness (QED) is 0.134. The number of carboxylic acid groups (broad SMARTS) is 2. The maximum atomic E-state index is 12.4. The Bertz CT molecular complexity index is 873. The van der Waals surface area contributed by atoms with Gasteiger partial charge in [-0.25, -0.2) is 9.78 Å². The zero-order chi connectivity index (χ0) is 25.1. The summed E-state index contributed by atoms with van der Waals surface area (Å²) in [6.45, 7) is 1.29. The molecule has 0 aliphatic heterocycles. The maximum absolute atomic E-state index is 12.4. The third kappa shape index (κ3) is 9.77. The second-order valence-electron chi connectivity index (χ2n) is 7.18. The number of nitrogens with zero attached hydrogens (tertiary/aromatic N) is 1. The molecule has 1 aromatic rings. The lowest BCUT2D eigenvalue weighted by atomic mass is 10.1. The van der Waals surface area contributed by atoms with Gasteiger partial charge in [0.1, 0.15) is 18.1 Å². The summed E-state index contributed by atoms with van der Waals surface area (Å²) >= 11 is 0. The molecular formula is C18H27N7O8. The van der Waals surface area contributed by atoms with Crippen LogP contribution in [0, 0.1) is 0 Å². The van der Waals surface area contributed by atoms with Crippen LogP contribution in [0.4, 0.5) is 0 Å². The lowest BCUT2D eigenvalue weighted by molar-refractivity contribution is -0.143. The molecule has 0 saturated carbocycles. The van der Waals surface area contributed by atoms with Crippen LogP contribution in [0.1, 0.15) is 31.9 Å². The Balaban J connectivity index is 2.74. The van der Waals surface area contributed by atoms with Crippen LogP contribution in [0.15, 0.2) is 12.5 Å². The zero-order valence-electron chi connectivity index (χ0n) is 17.7. The topological polar surface area (TPSA) is 260 Å². The lowest BCUT2D eigenvalue weighted by Crippen LogP contribution is -2.57. The van der Waals surface area contributed by atoms with E-state index in [9.17, 15) is 33.9 Å². The summed E-state index contributed by atoms with van der Waals surface area (Å²) in [7, 11) is 0. The van der Waals surface area contributed by atoms with Gasteiger partial charge >= 0.3 is 11.9 Å². The maximum Gasteiger partial charge on any atom is 0.326 e. The number of rotatable bonds is 14. The second-order valence-corrected chi connectivity index (χ2v) is 7.18. The standard InChI is InChI=1S/C18H27N7O8/c1-8(23-16(30)10(19)4-9-6-21-7-22-9)15(29)25-12(5-14(27)28)17(31)24-11(18(32)33)2-3-13(20)26/h6-8,10-12H,2-5,19H2,1H3,(H2,20,26)(H,21,22)(H,23,30)(H,24,31)(H,25,29)(H,27,28)(H,32,33). The van der Waals surface area contributed by atoms with E-state index in [1.165, 1.54) is 19.4 Å². The van der Waals surface area contributed by atoms with Crippen molar-refractivity contribution in [3.8, 4) is 0 Å². The van der Waals surface area contributed by atoms with Crippen molar-refractivity contribution < 1.29 is 39.0 Å². The molecule has 4 unspecified atom stereocenters. The summed E-state index contributed by atoms with van der Waals surface area (Å²) in [6.07, 6.45) is 1.48. The summed E-state index contributed by atoms with van der Waals surface area (Å²) in [5.74, 6) is -6.39. The number of primary amides is 1. The van der Waals surface area contributed by atoms with Crippen molar-refractivity contribution in [2.75, 3.05) is 0 Å². The predicted octanol–water partition coefficient (Wildman–Crippen LogP) is -3.42. The first kappa shape index (κ1) is 27.0. The Labute approximate surface area is 187 Å². The van der Waals surface area contributed by atoms with Gasteiger partial charge in [0.05, 0.1) is 18.8 Å². The van der Waals surface area contributed by atoms with Gasteiger partial charge in [0.2, 0.25) is 23.6 Å². The van der Waals surface area contributed by atoms with Gasteiger partial charge in [-0.3, -0.25) is 24.0 Å². The highest BCUT2D eigenvalue weighted by atomic mass is 16.4. The summed E-state index contributed by atoms with van der Waals surface area (Å²) < 4.78 is 0. The largest absolute Gasteiger partial charge is 0.481 e. The van der Waals surface area contributed by atoms with Crippen LogP contribution in [0.5, 0.6) is 0 Å². The number of aromatic nitrogens is 2. The highest BCUT2D eigenvalue weighted by molar-refractivity contribution is 5.95. The first-order valence-electron chi connectivity index (χ1n) is 9.77. The third-order valence-electron chi connectivity index (χ3n) is 4.39. The minimum Gasteiger partial charge on any atom is -0.481 e. The van der Waals surface area contributed by atoms with Crippen molar-refractivity contribution in [2.45, 2.75) is 56.8 Å². The number of aromatic amines is 1. The molecular weight excluding hydrogens is 442 g/mol. The van der Waals surface area contributed by atoms with Gasteiger partial charge in [-0.15, -0.1) is 0 Å². The van der Waals surface area contributed by atoms with Crippen LogP contribution in [0.25, 0.3) is 0 Å². The first-order valence-corrected chi connectivity index (χ1v) is 9.77. The summed E-state index contributed by atoms with van der Waals surface area (Å²) in [6, 6.07) is -5.39. The molecule has 0 saturated heterocycles. The molecule has 4 atom stereocenters. The number of aliphatic carboxylic acids is 2. The third-order valence-corrected chi connectivity index (χ3v) is 4.39. The van der Waals surface area contributed by atoms with E-state index in [0.29, 0.717) is 5.69 Å². The number of H-pyrrole nitrogens is 1. The number of imidazole rings is 1. The molecule has 0 aromatic carbocycles. The van der Waals surface area contributed by atoms with Crippen LogP contribution in [0.3, 0.4) is 0 Å². The fraction of sp³-hybridized carbons (Fsp3) is 0.500. The highest BCUT2D eigenvalue weighted by Gasteiger charge is 2.30. The number of nitrogens with two attached hydrogens (primary N) is 2. The smallest absolute Gasteiger partial charge is 0.326 e. The first-order chi connectivity index (χ1) is 15.4. The van der Waals surface area contributed by atoms with Gasteiger partial charge in [-0.2, -0.15) is 0 Å². The molecule has 4 amide bonds. The summed E-state index contributed by atoms with van der Waals surface area (Å²) in [5.41, 5.74) is 11.3. The zero-order valence-corrected chi connectivity index (χ0v) is 17.7. The van der Waals surface area contributed by atoms with Crippen molar-refractivity contribution in [3.63, 3.8) is 0 Å². The van der Waals surface area contributed by atoms with Crippen LogP contribution in [0.2, 0.25) is 0 Å². The van der Waals surface area contributed by atoms with Crippen LogP contribution in [-0.2, 0) is 35.2 Å². The number of nitrogens with one attached hydrogen (secondary N) is 4. The predicted molar refractivity (Wildman–Crippen MR) is 110 cm³/mol. The molecule has 0 bridgehead atoms. The Morgan fingerprint density at radius 3 is 2.18 bits per heavy atom. The number of carboxylic acids is 2. The molecule has 0 aliphatic rings. The van der Waals surface area contributed by atoms with Gasteiger partial charge in [-0.1, -0.05) is 0 Å². The molecule has 0 spiro atoms. The number of carbonyl (C=O) groups excluding carboxylic acids is 4. The van der Waals surface area contributed by atoms with Gasteiger partial charge in [0.25, 0.3) is 0 Å². The molecule has 0 fully saturated rings. The Kier molecular flexibility index (Phi) is 10.4. The lowest BCUT2D eigenvalue weighted by Gasteiger charge is -2.22. The van der Waals surface area contributed by atoms with Crippen LogP contribution < -0.4 is 27.4 Å². The molecule has 33 heavy (non-hydrogen) atoms. The van der Waals surface area contributed by atoms with Gasteiger partial charge in [0.15, 0.2) is 0 Å². The van der Waals surface area contributed by atoms with E-state index < -0.39 is 66.2 Å². The molecule has 15 heteroatoms. The van der Waals surface area contributed by atoms with E-state index in [4.69, 9.17) is 16.6 Å². The van der Waals surface area contributed by atoms with Crippen LogP contribution in [-0.4, -0.2) is 79.9 Å². The molecule has 15 nitrogen and oxygen atoms in total. The van der Waals surface area contributed by atoms with E-state index in [-0.39, 0.29) is 19.3 Å². The van der Waals surface area contributed by atoms with Gasteiger partial charge in [-0.05, 0) is 13.3 Å². The van der Waals surface area contributed by atoms with E-state index >= 15 is 0 Å². The SMILES string of the molecule is CC(NC(=O)C(N)Cc1cnc[nH]1)C(=O)NC(CC(=O)O)C(=O)NC(CCC(N)=O)C(=O)O. The highest BCUT2D eigenvalue weighted by Crippen LogP contribution is 2.02. The molecule has 0 aliphatic carbocycles. The van der Waals surface area contributed by atoms with E-state index in [2.05, 4.69) is 25.9 Å². The molecule has 182 valence electrons.